The Kier molecular flexibility index (Phi) is 4.54. The predicted molar refractivity (Wildman–Crippen MR) is 71.7 cm³/mol. The number of morpholine rings is 1. The van der Waals surface area contributed by atoms with Crippen LogP contribution in [0.5, 0.6) is 0 Å². The van der Waals surface area contributed by atoms with Crippen molar-refractivity contribution in [2.75, 3.05) is 19.7 Å². The average molecular weight is 270 g/mol. The van der Waals surface area contributed by atoms with E-state index in [0.717, 1.165) is 36.9 Å². The summed E-state index contributed by atoms with van der Waals surface area (Å²) in [6, 6.07) is 2.44. The Bertz CT molecular complexity index is 411. The Labute approximate surface area is 113 Å². The van der Waals surface area contributed by atoms with Crippen LogP contribution >= 0.6 is 11.6 Å². The first-order valence-corrected chi connectivity index (χ1v) is 6.89. The number of aryl methyl sites for hydroxylation is 1. The number of hydrogen-bond donors (Lipinski definition) is 0. The van der Waals surface area contributed by atoms with Gasteiger partial charge in [0.1, 0.15) is 6.10 Å². The first kappa shape index (κ1) is 13.7. The molecule has 0 aliphatic carbocycles. The van der Waals surface area contributed by atoms with Crippen LogP contribution < -0.4 is 0 Å². The van der Waals surface area contributed by atoms with Crippen molar-refractivity contribution in [3.63, 3.8) is 0 Å². The van der Waals surface area contributed by atoms with Gasteiger partial charge in [-0.3, -0.25) is 4.90 Å². The van der Waals surface area contributed by atoms with Gasteiger partial charge in [-0.1, -0.05) is 0 Å². The second-order valence-electron chi connectivity index (χ2n) is 4.94. The van der Waals surface area contributed by atoms with Gasteiger partial charge in [-0.05, 0) is 26.8 Å². The lowest BCUT2D eigenvalue weighted by molar-refractivity contribution is -0.0444. The second-order valence-corrected chi connectivity index (χ2v) is 5.21. The van der Waals surface area contributed by atoms with Crippen LogP contribution in [-0.2, 0) is 10.6 Å². The van der Waals surface area contributed by atoms with Gasteiger partial charge in [-0.25, -0.2) is 9.97 Å². The standard InChI is InChI=1S/C13H20ClN3O/c1-9(2)17-4-5-18-12(8-17)13-15-10(3)6-11(7-14)16-13/h6,9,12H,4-5,7-8H2,1-3H3. The molecule has 0 aromatic carbocycles. The zero-order chi connectivity index (χ0) is 13.1. The van der Waals surface area contributed by atoms with Crippen molar-refractivity contribution < 1.29 is 4.74 Å². The van der Waals surface area contributed by atoms with Crippen LogP contribution in [0.4, 0.5) is 0 Å². The van der Waals surface area contributed by atoms with Crippen LogP contribution in [0.2, 0.25) is 0 Å². The highest BCUT2D eigenvalue weighted by atomic mass is 35.5. The van der Waals surface area contributed by atoms with Crippen LogP contribution in [0, 0.1) is 6.92 Å². The first-order valence-electron chi connectivity index (χ1n) is 6.36. The topological polar surface area (TPSA) is 38.2 Å². The molecule has 0 amide bonds. The molecule has 0 saturated carbocycles. The molecule has 1 fully saturated rings. The zero-order valence-corrected chi connectivity index (χ0v) is 11.9. The third-order valence-electron chi connectivity index (χ3n) is 3.18. The zero-order valence-electron chi connectivity index (χ0n) is 11.2. The van der Waals surface area contributed by atoms with Crippen molar-refractivity contribution >= 4 is 11.6 Å². The molecular weight excluding hydrogens is 250 g/mol. The summed E-state index contributed by atoms with van der Waals surface area (Å²) in [5.41, 5.74) is 1.81. The van der Waals surface area contributed by atoms with Gasteiger partial charge in [0.05, 0.1) is 18.2 Å². The Morgan fingerprint density at radius 1 is 1.50 bits per heavy atom. The average Bonchev–Trinajstić information content (AvgIpc) is 2.38. The highest BCUT2D eigenvalue weighted by Gasteiger charge is 2.25. The van der Waals surface area contributed by atoms with Crippen molar-refractivity contribution in [1.82, 2.24) is 14.9 Å². The molecule has 2 rings (SSSR count). The van der Waals surface area contributed by atoms with Gasteiger partial charge in [-0.15, -0.1) is 11.6 Å². The van der Waals surface area contributed by atoms with Crippen molar-refractivity contribution in [2.45, 2.75) is 38.8 Å². The summed E-state index contributed by atoms with van der Waals surface area (Å²) < 4.78 is 5.79. The summed E-state index contributed by atoms with van der Waals surface area (Å²) in [4.78, 5) is 11.3. The Balaban J connectivity index is 2.17. The number of nitrogens with zero attached hydrogens (tertiary/aromatic N) is 3. The fraction of sp³-hybridized carbons (Fsp3) is 0.692. The van der Waals surface area contributed by atoms with Crippen molar-refractivity contribution in [3.05, 3.63) is 23.3 Å². The van der Waals surface area contributed by atoms with E-state index in [9.17, 15) is 0 Å². The Morgan fingerprint density at radius 3 is 2.94 bits per heavy atom. The maximum atomic E-state index is 5.85. The molecule has 0 bridgehead atoms. The van der Waals surface area contributed by atoms with Crippen molar-refractivity contribution in [3.8, 4) is 0 Å². The highest BCUT2D eigenvalue weighted by molar-refractivity contribution is 6.16. The van der Waals surface area contributed by atoms with Crippen LogP contribution in [-0.4, -0.2) is 40.6 Å². The number of hydrogen-bond acceptors (Lipinski definition) is 4. The summed E-state index contributed by atoms with van der Waals surface area (Å²) in [5.74, 6) is 1.17. The third kappa shape index (κ3) is 3.19. The van der Waals surface area contributed by atoms with Crippen LogP contribution in [0.25, 0.3) is 0 Å². The number of rotatable bonds is 3. The lowest BCUT2D eigenvalue weighted by Crippen LogP contribution is -2.42. The quantitative estimate of drug-likeness (QED) is 0.790. The van der Waals surface area contributed by atoms with E-state index in [-0.39, 0.29) is 6.10 Å². The van der Waals surface area contributed by atoms with Gasteiger partial charge >= 0.3 is 0 Å². The lowest BCUT2D eigenvalue weighted by atomic mass is 10.2. The van der Waals surface area contributed by atoms with E-state index in [2.05, 4.69) is 28.7 Å². The molecule has 0 spiro atoms. The normalized spacial score (nSPS) is 21.5. The van der Waals surface area contributed by atoms with E-state index in [1.807, 2.05) is 13.0 Å². The maximum absolute atomic E-state index is 5.85. The van der Waals surface area contributed by atoms with E-state index < -0.39 is 0 Å². The first-order chi connectivity index (χ1) is 8.60. The smallest absolute Gasteiger partial charge is 0.158 e. The predicted octanol–water partition coefficient (Wildman–Crippen LogP) is 2.31. The summed E-state index contributed by atoms with van der Waals surface area (Å²) >= 11 is 5.85. The van der Waals surface area contributed by atoms with E-state index in [1.165, 1.54) is 0 Å². The lowest BCUT2D eigenvalue weighted by Gasteiger charge is -2.34. The van der Waals surface area contributed by atoms with Crippen molar-refractivity contribution in [2.24, 2.45) is 0 Å². The molecule has 1 aromatic rings. The minimum Gasteiger partial charge on any atom is -0.368 e. The van der Waals surface area contributed by atoms with E-state index in [0.29, 0.717) is 11.9 Å². The number of alkyl halides is 1. The Morgan fingerprint density at radius 2 is 2.28 bits per heavy atom. The Hall–Kier alpha value is -0.710. The fourth-order valence-electron chi connectivity index (χ4n) is 2.17. The molecular formula is C13H20ClN3O. The molecule has 18 heavy (non-hydrogen) atoms. The molecule has 1 aliphatic heterocycles. The molecule has 0 radical (unpaired) electrons. The summed E-state index contributed by atoms with van der Waals surface area (Å²) in [6.07, 6.45) is -0.0389. The van der Waals surface area contributed by atoms with Gasteiger partial charge in [0.2, 0.25) is 0 Å². The van der Waals surface area contributed by atoms with Gasteiger partial charge in [0, 0.05) is 24.8 Å². The molecule has 0 N–H and O–H groups in total. The molecule has 1 aliphatic rings. The van der Waals surface area contributed by atoms with Gasteiger partial charge in [-0.2, -0.15) is 0 Å². The molecule has 1 aromatic heterocycles. The van der Waals surface area contributed by atoms with Gasteiger partial charge in [0.25, 0.3) is 0 Å². The third-order valence-corrected chi connectivity index (χ3v) is 3.45. The molecule has 4 nitrogen and oxygen atoms in total. The minimum absolute atomic E-state index is 0.0389. The van der Waals surface area contributed by atoms with E-state index >= 15 is 0 Å². The van der Waals surface area contributed by atoms with E-state index in [4.69, 9.17) is 16.3 Å². The second kappa shape index (κ2) is 5.95. The fourth-order valence-corrected chi connectivity index (χ4v) is 2.30. The van der Waals surface area contributed by atoms with Crippen molar-refractivity contribution in [1.29, 1.82) is 0 Å². The monoisotopic (exact) mass is 269 g/mol. The van der Waals surface area contributed by atoms with Gasteiger partial charge in [0.15, 0.2) is 5.82 Å². The number of halogens is 1. The molecule has 5 heteroatoms. The molecule has 100 valence electrons. The van der Waals surface area contributed by atoms with Crippen LogP contribution in [0.3, 0.4) is 0 Å². The minimum atomic E-state index is -0.0389. The van der Waals surface area contributed by atoms with Crippen LogP contribution in [0.1, 0.15) is 37.2 Å². The SMILES string of the molecule is Cc1cc(CCl)nc(C2CN(C(C)C)CCO2)n1. The number of ether oxygens (including phenoxy) is 1. The molecule has 1 atom stereocenters. The largest absolute Gasteiger partial charge is 0.368 e. The highest BCUT2D eigenvalue weighted by Crippen LogP contribution is 2.21. The molecule has 1 saturated heterocycles. The van der Waals surface area contributed by atoms with Crippen LogP contribution in [0.15, 0.2) is 6.07 Å². The van der Waals surface area contributed by atoms with E-state index in [1.54, 1.807) is 0 Å². The molecule has 1 unspecified atom stereocenters. The summed E-state index contributed by atoms with van der Waals surface area (Å²) in [5, 5.41) is 0. The maximum Gasteiger partial charge on any atom is 0.158 e. The molecule has 2 heterocycles. The summed E-state index contributed by atoms with van der Waals surface area (Å²) in [7, 11) is 0. The number of aromatic nitrogens is 2. The summed E-state index contributed by atoms with van der Waals surface area (Å²) in [6.45, 7) is 8.92. The van der Waals surface area contributed by atoms with Gasteiger partial charge < -0.3 is 4.74 Å².